The molecule has 0 aliphatic heterocycles. The molecule has 0 N–H and O–H groups in total. The highest BCUT2D eigenvalue weighted by Crippen LogP contribution is 2.28. The molecule has 1 rings (SSSR count). The molecule has 0 aromatic carbocycles. The molecule has 0 saturated carbocycles. The van der Waals surface area contributed by atoms with Gasteiger partial charge < -0.3 is 0 Å². The summed E-state index contributed by atoms with van der Waals surface area (Å²) in [6.07, 6.45) is 2.81. The van der Waals surface area contributed by atoms with Crippen molar-refractivity contribution >= 4 is 25.8 Å². The largest absolute Gasteiger partial charge is 0.260 e. The molecule has 1 aromatic rings. The second-order valence-electron chi connectivity index (χ2n) is 3.64. The van der Waals surface area contributed by atoms with Gasteiger partial charge in [0.1, 0.15) is 4.75 Å². The molecule has 0 amide bonds. The second kappa shape index (κ2) is 3.62. The van der Waals surface area contributed by atoms with Crippen molar-refractivity contribution < 1.29 is 8.42 Å². The normalized spacial score (nSPS) is 12.9. The lowest BCUT2D eigenvalue weighted by Gasteiger charge is -2.21. The second-order valence-corrected chi connectivity index (χ2v) is 7.12. The molecule has 3 nitrogen and oxygen atoms in total. The number of sulfone groups is 1. The zero-order valence-corrected chi connectivity index (χ0v) is 10.7. The molecule has 14 heavy (non-hydrogen) atoms. The maximum atomic E-state index is 11.5. The Morgan fingerprint density at radius 3 is 2.43 bits per heavy atom. The maximum Gasteiger partial charge on any atom is 0.158 e. The van der Waals surface area contributed by atoms with E-state index < -0.39 is 14.6 Å². The van der Waals surface area contributed by atoms with Gasteiger partial charge >= 0.3 is 0 Å². The SMILES string of the molecule is CC(C)(c1cc(Br)ccn1)S(C)(=O)=O. The highest BCUT2D eigenvalue weighted by molar-refractivity contribution is 9.10. The van der Waals surface area contributed by atoms with Crippen molar-refractivity contribution in [1.29, 1.82) is 0 Å². The van der Waals surface area contributed by atoms with Crippen LogP contribution in [0.3, 0.4) is 0 Å². The Morgan fingerprint density at radius 2 is 2.00 bits per heavy atom. The van der Waals surface area contributed by atoms with Crippen molar-refractivity contribution in [2.24, 2.45) is 0 Å². The smallest absolute Gasteiger partial charge is 0.158 e. The molecule has 0 atom stereocenters. The minimum Gasteiger partial charge on any atom is -0.260 e. The number of rotatable bonds is 2. The van der Waals surface area contributed by atoms with E-state index in [2.05, 4.69) is 20.9 Å². The zero-order valence-electron chi connectivity index (χ0n) is 8.28. The Bertz CT molecular complexity index is 440. The van der Waals surface area contributed by atoms with E-state index >= 15 is 0 Å². The van der Waals surface area contributed by atoms with Crippen LogP contribution in [0, 0.1) is 0 Å². The van der Waals surface area contributed by atoms with Crippen LogP contribution in [0.4, 0.5) is 0 Å². The van der Waals surface area contributed by atoms with Gasteiger partial charge in [0.05, 0.1) is 5.69 Å². The van der Waals surface area contributed by atoms with Gasteiger partial charge in [-0.3, -0.25) is 4.98 Å². The molecule has 0 aliphatic rings. The molecule has 0 saturated heterocycles. The quantitative estimate of drug-likeness (QED) is 0.832. The molecule has 5 heteroatoms. The van der Waals surface area contributed by atoms with Crippen LogP contribution in [0.2, 0.25) is 0 Å². The fourth-order valence-corrected chi connectivity index (χ4v) is 1.75. The number of pyridine rings is 1. The predicted molar refractivity (Wildman–Crippen MR) is 59.8 cm³/mol. The number of hydrogen-bond acceptors (Lipinski definition) is 3. The van der Waals surface area contributed by atoms with E-state index in [1.807, 2.05) is 0 Å². The van der Waals surface area contributed by atoms with Gasteiger partial charge in [-0.2, -0.15) is 0 Å². The van der Waals surface area contributed by atoms with Crippen molar-refractivity contribution in [2.75, 3.05) is 6.26 Å². The Kier molecular flexibility index (Phi) is 3.02. The monoisotopic (exact) mass is 277 g/mol. The van der Waals surface area contributed by atoms with Gasteiger partial charge in [0, 0.05) is 16.9 Å². The van der Waals surface area contributed by atoms with Crippen LogP contribution in [0.1, 0.15) is 19.5 Å². The molecule has 1 heterocycles. The maximum absolute atomic E-state index is 11.5. The van der Waals surface area contributed by atoms with Crippen LogP contribution in [0.25, 0.3) is 0 Å². The van der Waals surface area contributed by atoms with Gasteiger partial charge in [0.15, 0.2) is 9.84 Å². The molecular weight excluding hydrogens is 266 g/mol. The molecule has 1 aromatic heterocycles. The third-order valence-corrected chi connectivity index (χ3v) is 4.82. The van der Waals surface area contributed by atoms with Crippen molar-refractivity contribution in [3.05, 3.63) is 28.5 Å². The Hall–Kier alpha value is -0.420. The third-order valence-electron chi connectivity index (χ3n) is 2.27. The lowest BCUT2D eigenvalue weighted by Crippen LogP contribution is -2.29. The average Bonchev–Trinajstić information content (AvgIpc) is 2.02. The molecule has 0 fully saturated rings. The Labute approximate surface area is 92.6 Å². The Balaban J connectivity index is 3.31. The van der Waals surface area contributed by atoms with Gasteiger partial charge in [0.2, 0.25) is 0 Å². The molecule has 0 radical (unpaired) electrons. The summed E-state index contributed by atoms with van der Waals surface area (Å²) in [5.74, 6) is 0. The fourth-order valence-electron chi connectivity index (χ4n) is 0.924. The first-order chi connectivity index (χ1) is 6.25. The summed E-state index contributed by atoms with van der Waals surface area (Å²) < 4.78 is 22.9. The van der Waals surface area contributed by atoms with E-state index in [9.17, 15) is 8.42 Å². The van der Waals surface area contributed by atoms with Gasteiger partial charge in [0.25, 0.3) is 0 Å². The van der Waals surface area contributed by atoms with Crippen molar-refractivity contribution in [3.8, 4) is 0 Å². The van der Waals surface area contributed by atoms with E-state index in [1.165, 1.54) is 6.26 Å². The summed E-state index contributed by atoms with van der Waals surface area (Å²) in [7, 11) is -3.16. The first-order valence-electron chi connectivity index (χ1n) is 4.07. The molecule has 0 bridgehead atoms. The van der Waals surface area contributed by atoms with Crippen LogP contribution >= 0.6 is 15.9 Å². The van der Waals surface area contributed by atoms with Crippen LogP contribution in [0.5, 0.6) is 0 Å². The lowest BCUT2D eigenvalue weighted by atomic mass is 10.1. The van der Waals surface area contributed by atoms with E-state index in [1.54, 1.807) is 32.2 Å². The molecular formula is C9H12BrNO2S. The van der Waals surface area contributed by atoms with Gasteiger partial charge in [-0.05, 0) is 26.0 Å². The standard InChI is InChI=1S/C9H12BrNO2S/c1-9(2,14(3,12)13)8-6-7(10)4-5-11-8/h4-6H,1-3H3. The lowest BCUT2D eigenvalue weighted by molar-refractivity contribution is 0.556. The average molecular weight is 278 g/mol. The highest BCUT2D eigenvalue weighted by atomic mass is 79.9. The molecule has 0 unspecified atom stereocenters. The summed E-state index contributed by atoms with van der Waals surface area (Å²) in [5, 5.41) is 0. The van der Waals surface area contributed by atoms with Crippen molar-refractivity contribution in [3.63, 3.8) is 0 Å². The summed E-state index contributed by atoms with van der Waals surface area (Å²) in [5.41, 5.74) is 0.550. The first-order valence-corrected chi connectivity index (χ1v) is 6.75. The van der Waals surface area contributed by atoms with Crippen LogP contribution in [-0.2, 0) is 14.6 Å². The number of halogens is 1. The predicted octanol–water partition coefficient (Wildman–Crippen LogP) is 2.12. The molecule has 0 aliphatic carbocycles. The Morgan fingerprint density at radius 1 is 1.43 bits per heavy atom. The third kappa shape index (κ3) is 2.15. The highest BCUT2D eigenvalue weighted by Gasteiger charge is 2.33. The van der Waals surface area contributed by atoms with E-state index in [-0.39, 0.29) is 0 Å². The fraction of sp³-hybridized carbons (Fsp3) is 0.444. The van der Waals surface area contributed by atoms with Gasteiger partial charge in [-0.25, -0.2) is 8.42 Å². The topological polar surface area (TPSA) is 47.0 Å². The van der Waals surface area contributed by atoms with Crippen molar-refractivity contribution in [1.82, 2.24) is 4.98 Å². The van der Waals surface area contributed by atoms with E-state index in [0.29, 0.717) is 5.69 Å². The van der Waals surface area contributed by atoms with E-state index in [4.69, 9.17) is 0 Å². The minimum absolute atomic E-state index is 0.550. The van der Waals surface area contributed by atoms with Gasteiger partial charge in [-0.1, -0.05) is 15.9 Å². The summed E-state index contributed by atoms with van der Waals surface area (Å²) in [6, 6.07) is 3.49. The first kappa shape index (κ1) is 11.7. The number of aromatic nitrogens is 1. The number of nitrogens with zero attached hydrogens (tertiary/aromatic N) is 1. The summed E-state index contributed by atoms with van der Waals surface area (Å²) >= 11 is 3.29. The van der Waals surface area contributed by atoms with Crippen LogP contribution < -0.4 is 0 Å². The summed E-state index contributed by atoms with van der Waals surface area (Å²) in [6.45, 7) is 3.30. The van der Waals surface area contributed by atoms with E-state index in [0.717, 1.165) is 4.47 Å². The molecule has 78 valence electrons. The van der Waals surface area contributed by atoms with Crippen LogP contribution in [0.15, 0.2) is 22.8 Å². The zero-order chi connectivity index (χ0) is 11.0. The summed E-state index contributed by atoms with van der Waals surface area (Å²) in [4.78, 5) is 4.07. The van der Waals surface area contributed by atoms with Crippen molar-refractivity contribution in [2.45, 2.75) is 18.6 Å². The minimum atomic E-state index is -3.16. The van der Waals surface area contributed by atoms with Crippen LogP contribution in [-0.4, -0.2) is 19.7 Å². The van der Waals surface area contributed by atoms with Gasteiger partial charge in [-0.15, -0.1) is 0 Å². The molecule has 0 spiro atoms. The number of hydrogen-bond donors (Lipinski definition) is 0.